The zero-order valence-corrected chi connectivity index (χ0v) is 16.1. The standard InChI is InChI=1S/C22H27NO3/c1-13(2)26-20-14(3)7-6-8-19(20)23-22(21(24)25)11-17-9-15(4)16(5)10-18(17)12-22/h6-10,13,23H,11-12H2,1-5H3,(H,24,25). The number of benzene rings is 2. The van der Waals surface area contributed by atoms with Gasteiger partial charge in [0.25, 0.3) is 0 Å². The summed E-state index contributed by atoms with van der Waals surface area (Å²) in [7, 11) is 0. The zero-order chi connectivity index (χ0) is 19.1. The molecule has 3 rings (SSSR count). The van der Waals surface area contributed by atoms with Gasteiger partial charge >= 0.3 is 5.97 Å². The van der Waals surface area contributed by atoms with Gasteiger partial charge in [-0.25, -0.2) is 4.79 Å². The second-order valence-electron chi connectivity index (χ2n) is 7.69. The minimum atomic E-state index is -1.05. The zero-order valence-electron chi connectivity index (χ0n) is 16.1. The Hall–Kier alpha value is -2.49. The topological polar surface area (TPSA) is 58.6 Å². The monoisotopic (exact) mass is 353 g/mol. The van der Waals surface area contributed by atoms with Crippen LogP contribution in [0.5, 0.6) is 5.75 Å². The number of carboxylic acid groups (broad SMARTS) is 1. The first kappa shape index (κ1) is 18.3. The molecule has 0 heterocycles. The minimum Gasteiger partial charge on any atom is -0.489 e. The second-order valence-corrected chi connectivity index (χ2v) is 7.69. The van der Waals surface area contributed by atoms with Crippen molar-refractivity contribution in [2.24, 2.45) is 0 Å². The number of hydrogen-bond acceptors (Lipinski definition) is 3. The van der Waals surface area contributed by atoms with E-state index in [1.54, 1.807) is 0 Å². The Balaban J connectivity index is 2.00. The molecule has 1 aliphatic rings. The van der Waals surface area contributed by atoms with Crippen LogP contribution in [0.1, 0.15) is 41.7 Å². The number of rotatable bonds is 5. The predicted octanol–water partition coefficient (Wildman–Crippen LogP) is 4.43. The molecular formula is C22H27NO3. The number of para-hydroxylation sites is 1. The summed E-state index contributed by atoms with van der Waals surface area (Å²) in [5.74, 6) is -0.104. The number of aryl methyl sites for hydroxylation is 3. The van der Waals surface area contributed by atoms with Crippen molar-refractivity contribution >= 4 is 11.7 Å². The van der Waals surface area contributed by atoms with Crippen LogP contribution < -0.4 is 10.1 Å². The number of ether oxygens (including phenoxy) is 1. The van der Waals surface area contributed by atoms with Crippen molar-refractivity contribution in [2.75, 3.05) is 5.32 Å². The third-order valence-corrected chi connectivity index (χ3v) is 5.15. The predicted molar refractivity (Wildman–Crippen MR) is 104 cm³/mol. The first-order chi connectivity index (χ1) is 12.2. The minimum absolute atomic E-state index is 0.0171. The number of hydrogen-bond donors (Lipinski definition) is 2. The molecule has 0 saturated heterocycles. The number of anilines is 1. The normalized spacial score (nSPS) is 15.0. The number of carbonyl (C=O) groups is 1. The fourth-order valence-electron chi connectivity index (χ4n) is 3.67. The van der Waals surface area contributed by atoms with Gasteiger partial charge in [0.05, 0.1) is 11.8 Å². The summed E-state index contributed by atoms with van der Waals surface area (Å²) in [6.07, 6.45) is 0.949. The van der Waals surface area contributed by atoms with Gasteiger partial charge in [-0.3, -0.25) is 0 Å². The Morgan fingerprint density at radius 2 is 1.65 bits per heavy atom. The van der Waals surface area contributed by atoms with Crippen molar-refractivity contribution in [3.05, 3.63) is 58.1 Å². The summed E-state index contributed by atoms with van der Waals surface area (Å²) in [6.45, 7) is 10.1. The van der Waals surface area contributed by atoms with Gasteiger partial charge in [-0.1, -0.05) is 24.3 Å². The van der Waals surface area contributed by atoms with Crippen LogP contribution in [-0.2, 0) is 17.6 Å². The van der Waals surface area contributed by atoms with E-state index in [-0.39, 0.29) is 6.10 Å². The van der Waals surface area contributed by atoms with E-state index in [9.17, 15) is 9.90 Å². The Bertz CT molecular complexity index is 824. The molecule has 0 bridgehead atoms. The first-order valence-electron chi connectivity index (χ1n) is 9.09. The van der Waals surface area contributed by atoms with Gasteiger partial charge in [0.1, 0.15) is 11.3 Å². The molecule has 0 amide bonds. The van der Waals surface area contributed by atoms with E-state index < -0.39 is 11.5 Å². The lowest BCUT2D eigenvalue weighted by atomic mass is 9.95. The molecule has 2 N–H and O–H groups in total. The van der Waals surface area contributed by atoms with Gasteiger partial charge in [0, 0.05) is 12.8 Å². The van der Waals surface area contributed by atoms with E-state index in [1.165, 1.54) is 11.1 Å². The average molecular weight is 353 g/mol. The fraction of sp³-hybridized carbons (Fsp3) is 0.409. The van der Waals surface area contributed by atoms with Gasteiger partial charge in [-0.15, -0.1) is 0 Å². The fourth-order valence-corrected chi connectivity index (χ4v) is 3.67. The van der Waals surface area contributed by atoms with E-state index in [4.69, 9.17) is 4.74 Å². The summed E-state index contributed by atoms with van der Waals surface area (Å²) < 4.78 is 5.97. The molecule has 2 aromatic carbocycles. The summed E-state index contributed by atoms with van der Waals surface area (Å²) in [5.41, 5.74) is 5.30. The molecule has 0 atom stereocenters. The maximum Gasteiger partial charge on any atom is 0.330 e. The van der Waals surface area contributed by atoms with Crippen LogP contribution in [0.25, 0.3) is 0 Å². The van der Waals surface area contributed by atoms with Crippen LogP contribution >= 0.6 is 0 Å². The van der Waals surface area contributed by atoms with Crippen molar-refractivity contribution in [2.45, 2.75) is 59.1 Å². The molecule has 138 valence electrons. The van der Waals surface area contributed by atoms with Crippen LogP contribution in [0, 0.1) is 20.8 Å². The van der Waals surface area contributed by atoms with Gasteiger partial charge in [0.2, 0.25) is 0 Å². The van der Waals surface area contributed by atoms with Gasteiger partial charge in [-0.2, -0.15) is 0 Å². The summed E-state index contributed by atoms with van der Waals surface area (Å²) in [4.78, 5) is 12.3. The van der Waals surface area contributed by atoms with E-state index >= 15 is 0 Å². The van der Waals surface area contributed by atoms with E-state index in [1.807, 2.05) is 39.0 Å². The molecule has 1 aliphatic carbocycles. The van der Waals surface area contributed by atoms with Crippen molar-refractivity contribution < 1.29 is 14.6 Å². The molecule has 0 radical (unpaired) electrons. The Kier molecular flexibility index (Phi) is 4.70. The molecule has 0 spiro atoms. The van der Waals surface area contributed by atoms with Crippen LogP contribution in [0.3, 0.4) is 0 Å². The van der Waals surface area contributed by atoms with Crippen LogP contribution in [-0.4, -0.2) is 22.7 Å². The van der Waals surface area contributed by atoms with Crippen molar-refractivity contribution in [3.63, 3.8) is 0 Å². The molecule has 26 heavy (non-hydrogen) atoms. The highest BCUT2D eigenvalue weighted by Crippen LogP contribution is 2.38. The molecule has 0 unspecified atom stereocenters. The Labute approximate surface area is 155 Å². The number of fused-ring (bicyclic) bond motifs is 1. The van der Waals surface area contributed by atoms with E-state index in [0.29, 0.717) is 12.8 Å². The summed E-state index contributed by atoms with van der Waals surface area (Å²) in [6, 6.07) is 10.1. The molecule has 4 heteroatoms. The van der Waals surface area contributed by atoms with Crippen LogP contribution in [0.2, 0.25) is 0 Å². The van der Waals surface area contributed by atoms with Crippen molar-refractivity contribution in [3.8, 4) is 5.75 Å². The second kappa shape index (κ2) is 6.67. The van der Waals surface area contributed by atoms with Crippen molar-refractivity contribution in [1.29, 1.82) is 0 Å². The lowest BCUT2D eigenvalue weighted by Crippen LogP contribution is -2.47. The third kappa shape index (κ3) is 3.28. The molecule has 0 aliphatic heterocycles. The summed E-state index contributed by atoms with van der Waals surface area (Å²) >= 11 is 0. The highest BCUT2D eigenvalue weighted by molar-refractivity contribution is 5.86. The quantitative estimate of drug-likeness (QED) is 0.835. The maximum absolute atomic E-state index is 12.3. The molecular weight excluding hydrogens is 326 g/mol. The molecule has 0 aromatic heterocycles. The highest BCUT2D eigenvalue weighted by atomic mass is 16.5. The Morgan fingerprint density at radius 3 is 2.15 bits per heavy atom. The van der Waals surface area contributed by atoms with E-state index in [0.717, 1.165) is 28.1 Å². The highest BCUT2D eigenvalue weighted by Gasteiger charge is 2.45. The Morgan fingerprint density at radius 1 is 1.08 bits per heavy atom. The van der Waals surface area contributed by atoms with Gasteiger partial charge < -0.3 is 15.2 Å². The first-order valence-corrected chi connectivity index (χ1v) is 9.09. The van der Waals surface area contributed by atoms with Gasteiger partial charge in [0.15, 0.2) is 0 Å². The summed E-state index contributed by atoms with van der Waals surface area (Å²) in [5, 5.41) is 13.4. The number of aliphatic carboxylic acids is 1. The lowest BCUT2D eigenvalue weighted by Gasteiger charge is -2.29. The van der Waals surface area contributed by atoms with Crippen LogP contribution in [0.15, 0.2) is 30.3 Å². The molecule has 2 aromatic rings. The smallest absolute Gasteiger partial charge is 0.330 e. The number of carboxylic acids is 1. The largest absolute Gasteiger partial charge is 0.489 e. The van der Waals surface area contributed by atoms with Crippen molar-refractivity contribution in [1.82, 2.24) is 0 Å². The van der Waals surface area contributed by atoms with Crippen LogP contribution in [0.4, 0.5) is 5.69 Å². The molecule has 0 saturated carbocycles. The van der Waals surface area contributed by atoms with Gasteiger partial charge in [-0.05, 0) is 68.5 Å². The number of nitrogens with one attached hydrogen (secondary N) is 1. The average Bonchev–Trinajstić information content (AvgIpc) is 2.89. The van der Waals surface area contributed by atoms with E-state index in [2.05, 4.69) is 31.3 Å². The SMILES string of the molecule is Cc1cc2c(cc1C)CC(Nc1cccc(C)c1OC(C)C)(C(=O)O)C2. The lowest BCUT2D eigenvalue weighted by molar-refractivity contribution is -0.142. The third-order valence-electron chi connectivity index (χ3n) is 5.15. The molecule has 4 nitrogen and oxygen atoms in total. The maximum atomic E-state index is 12.3. The molecule has 0 fully saturated rings.